The molecule has 2 rings (SSSR count). The SMILES string of the molecule is CCS(=O)(=O)c1ccccc1NC1CSCC(C)(C)C1. The van der Waals surface area contributed by atoms with Crippen molar-refractivity contribution in [3.05, 3.63) is 24.3 Å². The number of thioether (sulfide) groups is 1. The van der Waals surface area contributed by atoms with Crippen LogP contribution in [-0.4, -0.2) is 31.7 Å². The largest absolute Gasteiger partial charge is 0.380 e. The first kappa shape index (κ1) is 15.7. The second-order valence-electron chi connectivity index (χ2n) is 6.12. The van der Waals surface area contributed by atoms with Crippen LogP contribution in [0.2, 0.25) is 0 Å². The van der Waals surface area contributed by atoms with Crippen LogP contribution < -0.4 is 5.32 Å². The standard InChI is InChI=1S/C15H23NO2S2/c1-4-20(17,18)14-8-6-5-7-13(14)16-12-9-15(2,3)11-19-10-12/h5-8,12,16H,4,9-11H2,1-3H3. The van der Waals surface area contributed by atoms with Gasteiger partial charge in [0.2, 0.25) is 0 Å². The highest BCUT2D eigenvalue weighted by molar-refractivity contribution is 7.99. The fraction of sp³-hybridized carbons (Fsp3) is 0.600. The molecule has 0 radical (unpaired) electrons. The normalized spacial score (nSPS) is 22.4. The summed E-state index contributed by atoms with van der Waals surface area (Å²) in [4.78, 5) is 0.427. The molecule has 0 aromatic heterocycles. The van der Waals surface area contributed by atoms with E-state index in [4.69, 9.17) is 0 Å². The van der Waals surface area contributed by atoms with Crippen molar-refractivity contribution in [1.29, 1.82) is 0 Å². The Kier molecular flexibility index (Phi) is 4.69. The van der Waals surface area contributed by atoms with Crippen LogP contribution in [0.25, 0.3) is 0 Å². The fourth-order valence-electron chi connectivity index (χ4n) is 2.59. The van der Waals surface area contributed by atoms with Gasteiger partial charge in [0, 0.05) is 11.8 Å². The molecule has 20 heavy (non-hydrogen) atoms. The second kappa shape index (κ2) is 5.98. The summed E-state index contributed by atoms with van der Waals surface area (Å²) >= 11 is 1.94. The summed E-state index contributed by atoms with van der Waals surface area (Å²) in [5.74, 6) is 2.33. The highest BCUT2D eigenvalue weighted by atomic mass is 32.2. The molecule has 0 aliphatic carbocycles. The quantitative estimate of drug-likeness (QED) is 0.925. The Morgan fingerprint density at radius 3 is 2.70 bits per heavy atom. The first-order valence-electron chi connectivity index (χ1n) is 7.00. The molecule has 1 unspecified atom stereocenters. The Labute approximate surface area is 126 Å². The van der Waals surface area contributed by atoms with Crippen LogP contribution in [0.5, 0.6) is 0 Å². The van der Waals surface area contributed by atoms with Crippen LogP contribution in [-0.2, 0) is 9.84 Å². The monoisotopic (exact) mass is 313 g/mol. The van der Waals surface area contributed by atoms with Gasteiger partial charge in [0.25, 0.3) is 0 Å². The van der Waals surface area contributed by atoms with Crippen molar-refractivity contribution in [2.24, 2.45) is 5.41 Å². The lowest BCUT2D eigenvalue weighted by Crippen LogP contribution is -2.35. The lowest BCUT2D eigenvalue weighted by atomic mass is 9.88. The Morgan fingerprint density at radius 1 is 1.35 bits per heavy atom. The van der Waals surface area contributed by atoms with E-state index in [1.165, 1.54) is 5.75 Å². The van der Waals surface area contributed by atoms with E-state index < -0.39 is 9.84 Å². The molecular weight excluding hydrogens is 290 g/mol. The summed E-state index contributed by atoms with van der Waals surface area (Å²) in [7, 11) is -3.18. The molecule has 1 aromatic carbocycles. The molecule has 5 heteroatoms. The van der Waals surface area contributed by atoms with Crippen LogP contribution in [0.15, 0.2) is 29.2 Å². The summed E-state index contributed by atoms with van der Waals surface area (Å²) in [6.07, 6.45) is 1.07. The van der Waals surface area contributed by atoms with Gasteiger partial charge in [-0.25, -0.2) is 8.42 Å². The number of benzene rings is 1. The Balaban J connectivity index is 2.22. The van der Waals surface area contributed by atoms with Crippen LogP contribution in [0.1, 0.15) is 27.2 Å². The van der Waals surface area contributed by atoms with E-state index in [-0.39, 0.29) is 5.75 Å². The van der Waals surface area contributed by atoms with E-state index in [0.29, 0.717) is 16.4 Å². The molecule has 1 heterocycles. The zero-order chi connectivity index (χ0) is 14.8. The van der Waals surface area contributed by atoms with Crippen LogP contribution in [0.4, 0.5) is 5.69 Å². The van der Waals surface area contributed by atoms with Gasteiger partial charge in [-0.1, -0.05) is 32.9 Å². The van der Waals surface area contributed by atoms with E-state index >= 15 is 0 Å². The number of rotatable bonds is 4. The molecule has 0 spiro atoms. The highest BCUT2D eigenvalue weighted by Crippen LogP contribution is 2.35. The molecule has 1 aliphatic heterocycles. The lowest BCUT2D eigenvalue weighted by Gasteiger charge is -2.35. The minimum atomic E-state index is -3.18. The topological polar surface area (TPSA) is 46.2 Å². The summed E-state index contributed by atoms with van der Waals surface area (Å²) < 4.78 is 24.3. The number of sulfone groups is 1. The number of hydrogen-bond donors (Lipinski definition) is 1. The molecule has 0 amide bonds. The molecule has 1 saturated heterocycles. The van der Waals surface area contributed by atoms with Crippen molar-refractivity contribution in [3.63, 3.8) is 0 Å². The maximum Gasteiger partial charge on any atom is 0.180 e. The molecule has 1 aliphatic rings. The van der Waals surface area contributed by atoms with Crippen molar-refractivity contribution in [2.75, 3.05) is 22.6 Å². The number of hydrogen-bond acceptors (Lipinski definition) is 4. The zero-order valence-corrected chi connectivity index (χ0v) is 14.0. The van der Waals surface area contributed by atoms with Gasteiger partial charge >= 0.3 is 0 Å². The van der Waals surface area contributed by atoms with Crippen molar-refractivity contribution in [1.82, 2.24) is 0 Å². The molecular formula is C15H23NO2S2. The maximum atomic E-state index is 12.1. The third-order valence-corrected chi connectivity index (χ3v) is 6.98. The van der Waals surface area contributed by atoms with Crippen molar-refractivity contribution < 1.29 is 8.42 Å². The van der Waals surface area contributed by atoms with Crippen molar-refractivity contribution in [3.8, 4) is 0 Å². The zero-order valence-electron chi connectivity index (χ0n) is 12.3. The molecule has 1 N–H and O–H groups in total. The van der Waals surface area contributed by atoms with Gasteiger partial charge in [-0.05, 0) is 29.7 Å². The molecule has 3 nitrogen and oxygen atoms in total. The Bertz CT molecular complexity index is 567. The predicted octanol–water partition coefficient (Wildman–Crippen LogP) is 3.42. The van der Waals surface area contributed by atoms with Gasteiger partial charge < -0.3 is 5.32 Å². The number of para-hydroxylation sites is 1. The number of anilines is 1. The average molecular weight is 313 g/mol. The van der Waals surface area contributed by atoms with E-state index in [1.807, 2.05) is 23.9 Å². The minimum Gasteiger partial charge on any atom is -0.380 e. The highest BCUT2D eigenvalue weighted by Gasteiger charge is 2.29. The fourth-order valence-corrected chi connectivity index (χ4v) is 4.92. The molecule has 1 aromatic rings. The molecule has 1 atom stereocenters. The Morgan fingerprint density at radius 2 is 2.05 bits per heavy atom. The van der Waals surface area contributed by atoms with Crippen molar-refractivity contribution in [2.45, 2.75) is 38.1 Å². The molecule has 112 valence electrons. The van der Waals surface area contributed by atoms with E-state index in [1.54, 1.807) is 19.1 Å². The van der Waals surface area contributed by atoms with Gasteiger partial charge in [-0.3, -0.25) is 0 Å². The maximum absolute atomic E-state index is 12.1. The van der Waals surface area contributed by atoms with Gasteiger partial charge in [0.1, 0.15) is 0 Å². The lowest BCUT2D eigenvalue weighted by molar-refractivity contribution is 0.358. The predicted molar refractivity (Wildman–Crippen MR) is 87.3 cm³/mol. The summed E-state index contributed by atoms with van der Waals surface area (Å²) in [5, 5.41) is 3.45. The average Bonchev–Trinajstić information content (AvgIpc) is 2.38. The smallest absolute Gasteiger partial charge is 0.180 e. The Hall–Kier alpha value is -0.680. The van der Waals surface area contributed by atoms with Gasteiger partial charge in [-0.15, -0.1) is 0 Å². The van der Waals surface area contributed by atoms with E-state index in [9.17, 15) is 8.42 Å². The van der Waals surface area contributed by atoms with Gasteiger partial charge in [-0.2, -0.15) is 11.8 Å². The second-order valence-corrected chi connectivity index (χ2v) is 9.40. The third kappa shape index (κ3) is 3.70. The van der Waals surface area contributed by atoms with Crippen LogP contribution in [0.3, 0.4) is 0 Å². The van der Waals surface area contributed by atoms with Crippen LogP contribution in [0, 0.1) is 5.41 Å². The summed E-state index contributed by atoms with van der Waals surface area (Å²) in [6.45, 7) is 6.22. The minimum absolute atomic E-state index is 0.136. The van der Waals surface area contributed by atoms with E-state index in [2.05, 4.69) is 19.2 Å². The first-order chi connectivity index (χ1) is 9.34. The molecule has 1 fully saturated rings. The summed E-state index contributed by atoms with van der Waals surface area (Å²) in [6, 6.07) is 7.57. The van der Waals surface area contributed by atoms with Crippen LogP contribution >= 0.6 is 11.8 Å². The molecule has 0 saturated carbocycles. The third-order valence-electron chi connectivity index (χ3n) is 3.57. The molecule has 0 bridgehead atoms. The first-order valence-corrected chi connectivity index (χ1v) is 9.81. The van der Waals surface area contributed by atoms with Crippen molar-refractivity contribution >= 4 is 27.3 Å². The van der Waals surface area contributed by atoms with Gasteiger partial charge in [0.05, 0.1) is 16.3 Å². The summed E-state index contributed by atoms with van der Waals surface area (Å²) in [5.41, 5.74) is 1.05. The van der Waals surface area contributed by atoms with Gasteiger partial charge in [0.15, 0.2) is 9.84 Å². The van der Waals surface area contributed by atoms with E-state index in [0.717, 1.165) is 17.9 Å². The number of nitrogens with one attached hydrogen (secondary N) is 1.